The number of hydrogen-bond acceptors (Lipinski definition) is 6. The molecule has 4 aromatic carbocycles. The fraction of sp³-hybridized carbons (Fsp3) is 0.0417. The van der Waals surface area contributed by atoms with Crippen LogP contribution in [0.1, 0.15) is 6.92 Å². The topological polar surface area (TPSA) is 128 Å². The Hall–Kier alpha value is -4.08. The summed E-state index contributed by atoms with van der Waals surface area (Å²) in [5.74, 6) is -0.797. The van der Waals surface area contributed by atoms with Crippen LogP contribution in [0.25, 0.3) is 21.9 Å². The van der Waals surface area contributed by atoms with Crippen molar-refractivity contribution >= 4 is 43.9 Å². The third-order valence-corrected chi connectivity index (χ3v) is 5.76. The summed E-state index contributed by atoms with van der Waals surface area (Å²) in [5.41, 5.74) is 2.07. The van der Waals surface area contributed by atoms with Crippen LogP contribution in [0.15, 0.2) is 94.0 Å². The van der Waals surface area contributed by atoms with Crippen molar-refractivity contribution in [3.05, 3.63) is 78.9 Å². The van der Waals surface area contributed by atoms with Gasteiger partial charge in [-0.05, 0) is 35.2 Å². The first-order valence-electron chi connectivity index (χ1n) is 9.85. The van der Waals surface area contributed by atoms with Crippen molar-refractivity contribution in [2.24, 2.45) is 10.2 Å². The lowest BCUT2D eigenvalue weighted by atomic mass is 10.0. The van der Waals surface area contributed by atoms with Crippen LogP contribution in [0.2, 0.25) is 0 Å². The van der Waals surface area contributed by atoms with Crippen molar-refractivity contribution in [2.45, 2.75) is 11.8 Å². The SMILES string of the molecule is CC(=O)Nc1ccc2cc(S(=O)(=O)O)c(N=Nc3ccccc3-c3ccccc3)c(O)c2c1. The number of aromatic hydroxyl groups is 1. The zero-order chi connectivity index (χ0) is 23.6. The molecular formula is C24H19N3O5S. The molecule has 0 bridgehead atoms. The Morgan fingerprint density at radius 2 is 1.61 bits per heavy atom. The zero-order valence-corrected chi connectivity index (χ0v) is 18.2. The molecule has 9 heteroatoms. The van der Waals surface area contributed by atoms with Gasteiger partial charge in [0.05, 0.1) is 5.69 Å². The standard InChI is InChI=1S/C24H19N3O5S/c1-15(28)25-18-12-11-17-13-22(33(30,31)32)23(24(29)20(17)14-18)27-26-21-10-6-5-9-19(21)16-7-3-2-4-8-16/h2-14,29H,1H3,(H,25,28)(H,30,31,32). The van der Waals surface area contributed by atoms with Crippen molar-refractivity contribution in [3.63, 3.8) is 0 Å². The molecule has 0 aliphatic carbocycles. The lowest BCUT2D eigenvalue weighted by Gasteiger charge is -2.11. The third kappa shape index (κ3) is 4.74. The molecule has 4 aromatic rings. The van der Waals surface area contributed by atoms with Crippen LogP contribution >= 0.6 is 0 Å². The summed E-state index contributed by atoms with van der Waals surface area (Å²) >= 11 is 0. The minimum absolute atomic E-state index is 0.235. The average Bonchev–Trinajstić information content (AvgIpc) is 2.78. The number of carbonyl (C=O) groups excluding carboxylic acids is 1. The Bertz CT molecular complexity index is 1500. The lowest BCUT2D eigenvalue weighted by Crippen LogP contribution is -2.05. The second-order valence-electron chi connectivity index (χ2n) is 7.25. The molecule has 0 fully saturated rings. The van der Waals surface area contributed by atoms with E-state index >= 15 is 0 Å². The van der Waals surface area contributed by atoms with Crippen LogP contribution in [-0.4, -0.2) is 24.0 Å². The van der Waals surface area contributed by atoms with E-state index in [0.717, 1.165) is 11.1 Å². The van der Waals surface area contributed by atoms with E-state index < -0.39 is 26.5 Å². The summed E-state index contributed by atoms with van der Waals surface area (Å²) in [6.45, 7) is 1.34. The number of rotatable bonds is 5. The fourth-order valence-electron chi connectivity index (χ4n) is 3.44. The quantitative estimate of drug-likeness (QED) is 0.254. The van der Waals surface area contributed by atoms with Crippen LogP contribution < -0.4 is 5.32 Å². The average molecular weight is 461 g/mol. The smallest absolute Gasteiger partial charge is 0.296 e. The number of azo groups is 1. The van der Waals surface area contributed by atoms with Gasteiger partial charge in [0.2, 0.25) is 5.91 Å². The van der Waals surface area contributed by atoms with Crippen LogP contribution in [0.5, 0.6) is 5.75 Å². The molecule has 0 aromatic heterocycles. The van der Waals surface area contributed by atoms with Crippen molar-refractivity contribution < 1.29 is 22.9 Å². The highest BCUT2D eigenvalue weighted by atomic mass is 32.2. The van der Waals surface area contributed by atoms with E-state index in [1.165, 1.54) is 25.1 Å². The molecule has 8 nitrogen and oxygen atoms in total. The molecular weight excluding hydrogens is 442 g/mol. The highest BCUT2D eigenvalue weighted by Crippen LogP contribution is 2.42. The Morgan fingerprint density at radius 3 is 2.30 bits per heavy atom. The van der Waals surface area contributed by atoms with Gasteiger partial charge in [-0.3, -0.25) is 9.35 Å². The maximum Gasteiger partial charge on any atom is 0.296 e. The molecule has 0 radical (unpaired) electrons. The van der Waals surface area contributed by atoms with Crippen molar-refractivity contribution in [2.75, 3.05) is 5.32 Å². The summed E-state index contributed by atoms with van der Waals surface area (Å²) in [5, 5.41) is 22.2. The number of fused-ring (bicyclic) bond motifs is 1. The van der Waals surface area contributed by atoms with Gasteiger partial charge >= 0.3 is 0 Å². The minimum Gasteiger partial charge on any atom is -0.505 e. The van der Waals surface area contributed by atoms with Gasteiger partial charge in [-0.15, -0.1) is 10.2 Å². The third-order valence-electron chi connectivity index (χ3n) is 4.90. The molecule has 166 valence electrons. The predicted molar refractivity (Wildman–Crippen MR) is 126 cm³/mol. The largest absolute Gasteiger partial charge is 0.505 e. The Balaban J connectivity index is 1.89. The first-order chi connectivity index (χ1) is 15.7. The van der Waals surface area contributed by atoms with Gasteiger partial charge in [-0.1, -0.05) is 54.6 Å². The fourth-order valence-corrected chi connectivity index (χ4v) is 4.10. The minimum atomic E-state index is -4.73. The van der Waals surface area contributed by atoms with Gasteiger partial charge in [0.15, 0.2) is 5.75 Å². The van der Waals surface area contributed by atoms with Gasteiger partial charge in [-0.2, -0.15) is 8.42 Å². The Kier molecular flexibility index (Phi) is 5.91. The van der Waals surface area contributed by atoms with Gasteiger partial charge < -0.3 is 10.4 Å². The second-order valence-corrected chi connectivity index (χ2v) is 8.64. The van der Waals surface area contributed by atoms with Crippen molar-refractivity contribution in [1.29, 1.82) is 0 Å². The number of nitrogens with zero attached hydrogens (tertiary/aromatic N) is 2. The van der Waals surface area contributed by atoms with Crippen LogP contribution in [-0.2, 0) is 14.9 Å². The van der Waals surface area contributed by atoms with E-state index in [1.54, 1.807) is 18.2 Å². The number of benzene rings is 4. The number of phenols is 1. The van der Waals surface area contributed by atoms with Gasteiger partial charge in [0.1, 0.15) is 10.6 Å². The molecule has 0 aliphatic heterocycles. The Labute approximate surface area is 190 Å². The molecule has 0 unspecified atom stereocenters. The van der Waals surface area contributed by atoms with Gasteiger partial charge in [-0.25, -0.2) is 0 Å². The molecule has 0 atom stereocenters. The number of phenolic OH excluding ortho intramolecular Hbond substituents is 1. The molecule has 0 saturated carbocycles. The van der Waals surface area contributed by atoms with Crippen LogP contribution in [0, 0.1) is 0 Å². The summed E-state index contributed by atoms with van der Waals surface area (Å²) in [7, 11) is -4.73. The molecule has 1 amide bonds. The number of nitrogens with one attached hydrogen (secondary N) is 1. The maximum absolute atomic E-state index is 12.0. The Morgan fingerprint density at radius 1 is 0.909 bits per heavy atom. The zero-order valence-electron chi connectivity index (χ0n) is 17.4. The van der Waals surface area contributed by atoms with E-state index in [2.05, 4.69) is 15.5 Å². The van der Waals surface area contributed by atoms with E-state index in [-0.39, 0.29) is 11.3 Å². The normalized spacial score (nSPS) is 11.7. The summed E-state index contributed by atoms with van der Waals surface area (Å²) in [6, 6.07) is 22.3. The monoisotopic (exact) mass is 461 g/mol. The van der Waals surface area contributed by atoms with Gasteiger partial charge in [0, 0.05) is 23.6 Å². The molecule has 0 saturated heterocycles. The second kappa shape index (κ2) is 8.81. The molecule has 0 spiro atoms. The lowest BCUT2D eigenvalue weighted by molar-refractivity contribution is -0.114. The van der Waals surface area contributed by atoms with E-state index in [9.17, 15) is 22.9 Å². The van der Waals surface area contributed by atoms with E-state index in [0.29, 0.717) is 16.8 Å². The van der Waals surface area contributed by atoms with E-state index in [4.69, 9.17) is 0 Å². The van der Waals surface area contributed by atoms with Crippen molar-refractivity contribution in [1.82, 2.24) is 0 Å². The summed E-state index contributed by atoms with van der Waals surface area (Å²) in [4.78, 5) is 10.8. The summed E-state index contributed by atoms with van der Waals surface area (Å²) in [6.07, 6.45) is 0. The molecule has 0 aliphatic rings. The maximum atomic E-state index is 12.0. The molecule has 0 heterocycles. The number of carbonyl (C=O) groups is 1. The van der Waals surface area contributed by atoms with Crippen LogP contribution in [0.4, 0.5) is 17.1 Å². The number of amides is 1. The van der Waals surface area contributed by atoms with Gasteiger partial charge in [0.25, 0.3) is 10.1 Å². The first kappa shape index (κ1) is 22.1. The highest BCUT2D eigenvalue weighted by Gasteiger charge is 2.22. The van der Waals surface area contributed by atoms with Crippen molar-refractivity contribution in [3.8, 4) is 16.9 Å². The molecule has 4 rings (SSSR count). The molecule has 33 heavy (non-hydrogen) atoms. The highest BCUT2D eigenvalue weighted by molar-refractivity contribution is 7.86. The van der Waals surface area contributed by atoms with Crippen LogP contribution in [0.3, 0.4) is 0 Å². The number of hydrogen-bond donors (Lipinski definition) is 3. The molecule has 3 N–H and O–H groups in total. The predicted octanol–water partition coefficient (Wildman–Crippen LogP) is 5.83. The number of anilines is 1. The first-order valence-corrected chi connectivity index (χ1v) is 11.3. The van der Waals surface area contributed by atoms with E-state index in [1.807, 2.05) is 42.5 Å². The summed E-state index contributed by atoms with van der Waals surface area (Å²) < 4.78 is 33.9.